The monoisotopic (exact) mass is 336 g/mol. The van der Waals surface area contributed by atoms with Crippen molar-refractivity contribution >= 4 is 5.97 Å². The van der Waals surface area contributed by atoms with Crippen molar-refractivity contribution in [3.63, 3.8) is 0 Å². The van der Waals surface area contributed by atoms with Crippen molar-refractivity contribution in [1.29, 1.82) is 0 Å². The second-order valence-electron chi connectivity index (χ2n) is 6.10. The van der Waals surface area contributed by atoms with E-state index in [1.165, 1.54) is 0 Å². The Labute approximate surface area is 141 Å². The lowest BCUT2D eigenvalue weighted by atomic mass is 10.1. The van der Waals surface area contributed by atoms with Crippen LogP contribution in [0.2, 0.25) is 0 Å². The van der Waals surface area contributed by atoms with E-state index in [0.29, 0.717) is 25.2 Å². The van der Waals surface area contributed by atoms with Gasteiger partial charge in [-0.2, -0.15) is 0 Å². The van der Waals surface area contributed by atoms with Crippen molar-refractivity contribution in [2.24, 2.45) is 0 Å². The molecule has 0 saturated carbocycles. The third-order valence-electron chi connectivity index (χ3n) is 4.25. The maximum absolute atomic E-state index is 12.7. The molecule has 1 aromatic carbocycles. The summed E-state index contributed by atoms with van der Waals surface area (Å²) in [5.41, 5.74) is 0.711. The molecule has 6 nitrogen and oxygen atoms in total. The van der Waals surface area contributed by atoms with Crippen LogP contribution in [0.3, 0.4) is 0 Å². The molecule has 0 spiro atoms. The first kappa shape index (κ1) is 17.4. The van der Waals surface area contributed by atoms with E-state index in [-0.39, 0.29) is 0 Å². The molecule has 1 N–H and O–H groups in total. The van der Waals surface area contributed by atoms with Crippen LogP contribution in [-0.4, -0.2) is 43.0 Å². The van der Waals surface area contributed by atoms with Gasteiger partial charge in [0.1, 0.15) is 0 Å². The summed E-state index contributed by atoms with van der Waals surface area (Å²) >= 11 is 0. The molecule has 2 saturated heterocycles. The highest BCUT2D eigenvalue weighted by molar-refractivity contribution is 5.76. The molecule has 3 rings (SSSR count). The van der Waals surface area contributed by atoms with Crippen molar-refractivity contribution < 1.29 is 28.8 Å². The summed E-state index contributed by atoms with van der Waals surface area (Å²) < 4.78 is 22.1. The Kier molecular flexibility index (Phi) is 6.20. The van der Waals surface area contributed by atoms with Crippen molar-refractivity contribution in [3.8, 4) is 0 Å². The van der Waals surface area contributed by atoms with Crippen LogP contribution in [0.15, 0.2) is 30.3 Å². The van der Waals surface area contributed by atoms with E-state index in [9.17, 15) is 9.90 Å². The minimum Gasteiger partial charge on any atom is -0.455 e. The van der Waals surface area contributed by atoms with Crippen LogP contribution in [-0.2, 0) is 23.7 Å². The lowest BCUT2D eigenvalue weighted by molar-refractivity contribution is -0.228. The number of ether oxygens (including phenoxy) is 4. The molecule has 0 bridgehead atoms. The molecule has 4 atom stereocenters. The number of aliphatic hydroxyl groups excluding tert-OH is 1. The average molecular weight is 336 g/mol. The first-order valence-electron chi connectivity index (χ1n) is 8.56. The Morgan fingerprint density at radius 3 is 2.58 bits per heavy atom. The van der Waals surface area contributed by atoms with E-state index in [2.05, 4.69) is 0 Å². The minimum absolute atomic E-state index is 0.413. The average Bonchev–Trinajstić information content (AvgIpc) is 2.63. The summed E-state index contributed by atoms with van der Waals surface area (Å²) in [6.07, 6.45) is 1.07. The van der Waals surface area contributed by atoms with Gasteiger partial charge in [-0.15, -0.1) is 0 Å². The lowest BCUT2D eigenvalue weighted by Gasteiger charge is -2.31. The van der Waals surface area contributed by atoms with Crippen LogP contribution in [0.25, 0.3) is 0 Å². The summed E-state index contributed by atoms with van der Waals surface area (Å²) in [5, 5.41) is 9.83. The van der Waals surface area contributed by atoms with Gasteiger partial charge in [-0.25, -0.2) is 4.79 Å². The maximum Gasteiger partial charge on any atom is 0.340 e. The Morgan fingerprint density at radius 1 is 1.08 bits per heavy atom. The number of esters is 1. The molecule has 2 fully saturated rings. The standard InChI is InChI=1S/C18H24O6/c19-17-14(9-6-12-22-17)23-18(20)16(13-7-2-1-3-8-13)24-15-10-4-5-11-21-15/h1-3,7-8,14-17,19H,4-6,9-12H2/t14-,15?,16+,17?/m1/s1. The van der Waals surface area contributed by atoms with E-state index >= 15 is 0 Å². The fourth-order valence-corrected chi connectivity index (χ4v) is 2.93. The summed E-state index contributed by atoms with van der Waals surface area (Å²) in [6.45, 7) is 1.11. The van der Waals surface area contributed by atoms with Gasteiger partial charge >= 0.3 is 5.97 Å². The van der Waals surface area contributed by atoms with Crippen LogP contribution in [0.1, 0.15) is 43.8 Å². The molecule has 132 valence electrons. The Bertz CT molecular complexity index is 514. The van der Waals surface area contributed by atoms with Gasteiger partial charge in [0.2, 0.25) is 0 Å². The highest BCUT2D eigenvalue weighted by Gasteiger charge is 2.33. The van der Waals surface area contributed by atoms with E-state index in [0.717, 1.165) is 25.7 Å². The Hall–Kier alpha value is -1.47. The fourth-order valence-electron chi connectivity index (χ4n) is 2.93. The molecule has 1 aromatic rings. The van der Waals surface area contributed by atoms with Crippen molar-refractivity contribution in [2.45, 2.75) is 56.9 Å². The number of carbonyl (C=O) groups excluding carboxylic acids is 1. The molecule has 2 heterocycles. The number of hydrogen-bond acceptors (Lipinski definition) is 6. The zero-order chi connectivity index (χ0) is 16.8. The second kappa shape index (κ2) is 8.58. The van der Waals surface area contributed by atoms with Gasteiger partial charge in [0.15, 0.2) is 24.8 Å². The van der Waals surface area contributed by atoms with Crippen molar-refractivity contribution in [1.82, 2.24) is 0 Å². The minimum atomic E-state index is -1.08. The molecule has 0 aromatic heterocycles. The Balaban J connectivity index is 1.69. The smallest absolute Gasteiger partial charge is 0.340 e. The van der Waals surface area contributed by atoms with Crippen LogP contribution >= 0.6 is 0 Å². The van der Waals surface area contributed by atoms with Gasteiger partial charge in [0, 0.05) is 6.61 Å². The number of aliphatic hydroxyl groups is 1. The highest BCUT2D eigenvalue weighted by Crippen LogP contribution is 2.27. The Morgan fingerprint density at radius 2 is 1.88 bits per heavy atom. The molecule has 0 radical (unpaired) electrons. The summed E-state index contributed by atoms with van der Waals surface area (Å²) in [6, 6.07) is 9.21. The quantitative estimate of drug-likeness (QED) is 0.832. The van der Waals surface area contributed by atoms with Gasteiger partial charge in [0.25, 0.3) is 0 Å². The second-order valence-corrected chi connectivity index (χ2v) is 6.10. The number of hydrogen-bond donors (Lipinski definition) is 1. The molecule has 24 heavy (non-hydrogen) atoms. The van der Waals surface area contributed by atoms with E-state index < -0.39 is 30.8 Å². The zero-order valence-electron chi connectivity index (χ0n) is 13.6. The maximum atomic E-state index is 12.7. The number of benzene rings is 1. The van der Waals surface area contributed by atoms with Crippen LogP contribution in [0.5, 0.6) is 0 Å². The normalized spacial score (nSPS) is 29.0. The highest BCUT2D eigenvalue weighted by atomic mass is 16.7. The first-order valence-corrected chi connectivity index (χ1v) is 8.56. The van der Waals surface area contributed by atoms with Gasteiger partial charge in [-0.05, 0) is 37.7 Å². The molecule has 0 amide bonds. The van der Waals surface area contributed by atoms with E-state index in [1.807, 2.05) is 30.3 Å². The number of rotatable bonds is 5. The molecule has 2 unspecified atom stereocenters. The predicted molar refractivity (Wildman–Crippen MR) is 84.9 cm³/mol. The van der Waals surface area contributed by atoms with Crippen molar-refractivity contribution in [2.75, 3.05) is 13.2 Å². The van der Waals surface area contributed by atoms with Crippen LogP contribution in [0.4, 0.5) is 0 Å². The molecular formula is C18H24O6. The largest absolute Gasteiger partial charge is 0.455 e. The van der Waals surface area contributed by atoms with Crippen LogP contribution < -0.4 is 0 Å². The first-order chi connectivity index (χ1) is 11.7. The topological polar surface area (TPSA) is 74.2 Å². The number of carbonyl (C=O) groups is 1. The zero-order valence-corrected chi connectivity index (χ0v) is 13.6. The van der Waals surface area contributed by atoms with Crippen LogP contribution in [0, 0.1) is 0 Å². The SMILES string of the molecule is O=C(O[C@@H]1CCCOC1O)[C@@H](OC1CCCCO1)c1ccccc1. The summed E-state index contributed by atoms with van der Waals surface area (Å²) in [7, 11) is 0. The summed E-state index contributed by atoms with van der Waals surface area (Å²) in [4.78, 5) is 12.7. The van der Waals surface area contributed by atoms with Crippen molar-refractivity contribution in [3.05, 3.63) is 35.9 Å². The van der Waals surface area contributed by atoms with Gasteiger partial charge in [0.05, 0.1) is 6.61 Å². The molecule has 0 aliphatic carbocycles. The molecule has 6 heteroatoms. The summed E-state index contributed by atoms with van der Waals surface area (Å²) in [5.74, 6) is -0.523. The van der Waals surface area contributed by atoms with E-state index in [4.69, 9.17) is 18.9 Å². The third kappa shape index (κ3) is 4.54. The van der Waals surface area contributed by atoms with E-state index in [1.54, 1.807) is 0 Å². The third-order valence-corrected chi connectivity index (χ3v) is 4.25. The van der Waals surface area contributed by atoms with Gasteiger partial charge in [-0.3, -0.25) is 0 Å². The molecule has 2 aliphatic rings. The predicted octanol–water partition coefficient (Wildman–Crippen LogP) is 2.31. The molecule has 2 aliphatic heterocycles. The van der Waals surface area contributed by atoms with Gasteiger partial charge in [-0.1, -0.05) is 30.3 Å². The molecular weight excluding hydrogens is 312 g/mol. The lowest BCUT2D eigenvalue weighted by Crippen LogP contribution is -2.39. The van der Waals surface area contributed by atoms with Gasteiger partial charge < -0.3 is 24.1 Å². The fraction of sp³-hybridized carbons (Fsp3) is 0.611.